The summed E-state index contributed by atoms with van der Waals surface area (Å²) in [5.74, 6) is 0.508. The number of nitrogens with zero attached hydrogens (tertiary/aromatic N) is 1. The number of hydrogen-bond acceptors (Lipinski definition) is 4. The number of anilines is 1. The topological polar surface area (TPSA) is 90.5 Å². The van der Waals surface area contributed by atoms with Crippen LogP contribution in [0.5, 0.6) is 0 Å². The Bertz CT molecular complexity index is 777. The van der Waals surface area contributed by atoms with Gasteiger partial charge < -0.3 is 20.9 Å². The summed E-state index contributed by atoms with van der Waals surface area (Å²) < 4.78 is 0. The summed E-state index contributed by atoms with van der Waals surface area (Å²) in [5.41, 5.74) is 1.27. The monoisotopic (exact) mass is 434 g/mol. The van der Waals surface area contributed by atoms with Gasteiger partial charge in [-0.1, -0.05) is 6.07 Å². The van der Waals surface area contributed by atoms with Gasteiger partial charge in [-0.05, 0) is 69.2 Å². The molecule has 2 heterocycles. The first-order valence-corrected chi connectivity index (χ1v) is 10.8. The van der Waals surface area contributed by atoms with Crippen LogP contribution in [0.2, 0.25) is 0 Å². The fourth-order valence-corrected chi connectivity index (χ4v) is 4.20. The van der Waals surface area contributed by atoms with Crippen LogP contribution in [0.15, 0.2) is 24.3 Å². The normalized spacial score (nSPS) is 23.4. The van der Waals surface area contributed by atoms with E-state index >= 15 is 0 Å². The molecule has 3 amide bonds. The van der Waals surface area contributed by atoms with Crippen LogP contribution in [0, 0.1) is 11.8 Å². The molecule has 164 valence electrons. The number of halogens is 1. The fourth-order valence-electron chi connectivity index (χ4n) is 4.20. The molecule has 3 aliphatic rings. The lowest BCUT2D eigenvalue weighted by Gasteiger charge is -2.33. The maximum Gasteiger partial charge on any atom is 0.253 e. The molecule has 2 unspecified atom stereocenters. The number of benzene rings is 1. The van der Waals surface area contributed by atoms with Crippen LogP contribution in [0.1, 0.15) is 48.9 Å². The molecule has 0 spiro atoms. The molecule has 0 radical (unpaired) electrons. The lowest BCUT2D eigenvalue weighted by molar-refractivity contribution is -0.123. The van der Waals surface area contributed by atoms with Gasteiger partial charge in [0, 0.05) is 36.8 Å². The predicted octanol–water partition coefficient (Wildman–Crippen LogP) is 2.18. The molecular formula is C22H31ClN4O3. The zero-order valence-electron chi connectivity index (χ0n) is 17.2. The van der Waals surface area contributed by atoms with Gasteiger partial charge in [0.25, 0.3) is 5.91 Å². The molecule has 3 fully saturated rings. The third kappa shape index (κ3) is 5.73. The van der Waals surface area contributed by atoms with E-state index in [-0.39, 0.29) is 48.0 Å². The van der Waals surface area contributed by atoms with Crippen LogP contribution in [-0.2, 0) is 9.59 Å². The third-order valence-corrected chi connectivity index (χ3v) is 6.07. The van der Waals surface area contributed by atoms with Crippen molar-refractivity contribution in [2.45, 2.75) is 44.6 Å². The van der Waals surface area contributed by atoms with E-state index in [1.807, 2.05) is 17.0 Å². The van der Waals surface area contributed by atoms with Gasteiger partial charge in [0.1, 0.15) is 0 Å². The van der Waals surface area contributed by atoms with Crippen LogP contribution < -0.4 is 16.0 Å². The first kappa shape index (κ1) is 22.6. The fraction of sp³-hybridized carbons (Fsp3) is 0.591. The molecular weight excluding hydrogens is 404 g/mol. The Balaban J connectivity index is 0.00000256. The minimum Gasteiger partial charge on any atom is -0.354 e. The van der Waals surface area contributed by atoms with Crippen molar-refractivity contribution in [3.05, 3.63) is 29.8 Å². The molecule has 2 aliphatic heterocycles. The Morgan fingerprint density at radius 3 is 2.63 bits per heavy atom. The molecule has 2 saturated heterocycles. The first-order valence-electron chi connectivity index (χ1n) is 10.8. The van der Waals surface area contributed by atoms with Crippen molar-refractivity contribution in [1.82, 2.24) is 15.5 Å². The van der Waals surface area contributed by atoms with Crippen molar-refractivity contribution >= 4 is 35.8 Å². The smallest absolute Gasteiger partial charge is 0.253 e. The Labute approximate surface area is 183 Å². The predicted molar refractivity (Wildman–Crippen MR) is 118 cm³/mol. The molecule has 30 heavy (non-hydrogen) atoms. The Morgan fingerprint density at radius 2 is 1.90 bits per heavy atom. The van der Waals surface area contributed by atoms with Gasteiger partial charge in [-0.25, -0.2) is 0 Å². The second-order valence-corrected chi connectivity index (χ2v) is 8.50. The standard InChI is InChI=1S/C22H30N4O3.ClH/c27-20(16-8-9-16)25-18-6-1-5-17(12-18)22(29)26-11-3-4-15(14-26)13-24-21(28)19-7-2-10-23-19;/h1,5-6,12,15-16,19,23H,2-4,7-11,13-14H2,(H,24,28)(H,25,27);1H. The molecule has 3 N–H and O–H groups in total. The third-order valence-electron chi connectivity index (χ3n) is 6.07. The SMILES string of the molecule is Cl.O=C(Nc1cccc(C(=O)N2CCCC(CNC(=O)C3CCCN3)C2)c1)C1CC1. The zero-order valence-corrected chi connectivity index (χ0v) is 18.0. The van der Waals surface area contributed by atoms with E-state index in [1.54, 1.807) is 12.1 Å². The molecule has 4 rings (SSSR count). The number of carbonyl (C=O) groups is 3. The van der Waals surface area contributed by atoms with Crippen LogP contribution in [-0.4, -0.2) is 54.8 Å². The number of piperidine rings is 1. The van der Waals surface area contributed by atoms with Crippen LogP contribution in [0.4, 0.5) is 5.69 Å². The second kappa shape index (κ2) is 10.3. The molecule has 0 bridgehead atoms. The van der Waals surface area contributed by atoms with Gasteiger partial charge in [-0.3, -0.25) is 14.4 Å². The molecule has 1 aromatic carbocycles. The Kier molecular flexibility index (Phi) is 7.72. The molecule has 1 aromatic rings. The maximum absolute atomic E-state index is 13.0. The van der Waals surface area contributed by atoms with Gasteiger partial charge >= 0.3 is 0 Å². The highest BCUT2D eigenvalue weighted by molar-refractivity contribution is 5.98. The Hall–Kier alpha value is -2.12. The van der Waals surface area contributed by atoms with Crippen molar-refractivity contribution in [1.29, 1.82) is 0 Å². The second-order valence-electron chi connectivity index (χ2n) is 8.50. The molecule has 2 atom stereocenters. The summed E-state index contributed by atoms with van der Waals surface area (Å²) in [5, 5.41) is 9.18. The number of nitrogens with one attached hydrogen (secondary N) is 3. The quantitative estimate of drug-likeness (QED) is 0.640. The van der Waals surface area contributed by atoms with Gasteiger partial charge in [-0.2, -0.15) is 0 Å². The lowest BCUT2D eigenvalue weighted by atomic mass is 9.97. The minimum atomic E-state index is -0.0649. The van der Waals surface area contributed by atoms with Crippen molar-refractivity contribution in [2.24, 2.45) is 11.8 Å². The van der Waals surface area contributed by atoms with Crippen LogP contribution in [0.25, 0.3) is 0 Å². The van der Waals surface area contributed by atoms with Crippen molar-refractivity contribution in [3.8, 4) is 0 Å². The van der Waals surface area contributed by atoms with Gasteiger partial charge in [0.15, 0.2) is 0 Å². The van der Waals surface area contributed by atoms with Crippen molar-refractivity contribution < 1.29 is 14.4 Å². The van der Waals surface area contributed by atoms with E-state index in [2.05, 4.69) is 16.0 Å². The summed E-state index contributed by atoms with van der Waals surface area (Å²) in [7, 11) is 0. The van der Waals surface area contributed by atoms with Crippen molar-refractivity contribution in [2.75, 3.05) is 31.5 Å². The lowest BCUT2D eigenvalue weighted by Crippen LogP contribution is -2.46. The highest BCUT2D eigenvalue weighted by atomic mass is 35.5. The number of rotatable bonds is 6. The highest BCUT2D eigenvalue weighted by Gasteiger charge is 2.30. The largest absolute Gasteiger partial charge is 0.354 e. The van der Waals surface area contributed by atoms with Crippen molar-refractivity contribution in [3.63, 3.8) is 0 Å². The average molecular weight is 435 g/mol. The summed E-state index contributed by atoms with van der Waals surface area (Å²) in [6.45, 7) is 2.89. The summed E-state index contributed by atoms with van der Waals surface area (Å²) in [6, 6.07) is 7.13. The van der Waals surface area contributed by atoms with Gasteiger partial charge in [0.2, 0.25) is 11.8 Å². The van der Waals surface area contributed by atoms with E-state index in [0.29, 0.717) is 24.3 Å². The van der Waals surface area contributed by atoms with E-state index in [1.165, 1.54) is 0 Å². The zero-order chi connectivity index (χ0) is 20.2. The van der Waals surface area contributed by atoms with Gasteiger partial charge in [0.05, 0.1) is 6.04 Å². The summed E-state index contributed by atoms with van der Waals surface area (Å²) in [4.78, 5) is 39.1. The van der Waals surface area contributed by atoms with E-state index < -0.39 is 0 Å². The number of amides is 3. The van der Waals surface area contributed by atoms with E-state index in [4.69, 9.17) is 0 Å². The number of likely N-dealkylation sites (tertiary alicyclic amines) is 1. The molecule has 1 saturated carbocycles. The Morgan fingerprint density at radius 1 is 1.07 bits per heavy atom. The maximum atomic E-state index is 13.0. The van der Waals surface area contributed by atoms with E-state index in [9.17, 15) is 14.4 Å². The average Bonchev–Trinajstić information content (AvgIpc) is 3.46. The first-order chi connectivity index (χ1) is 14.1. The van der Waals surface area contributed by atoms with E-state index in [0.717, 1.165) is 51.6 Å². The molecule has 7 nitrogen and oxygen atoms in total. The minimum absolute atomic E-state index is 0. The number of hydrogen-bond donors (Lipinski definition) is 3. The molecule has 0 aromatic heterocycles. The molecule has 1 aliphatic carbocycles. The molecule has 8 heteroatoms. The van der Waals surface area contributed by atoms with Gasteiger partial charge in [-0.15, -0.1) is 12.4 Å². The number of carbonyl (C=O) groups excluding carboxylic acids is 3. The highest BCUT2D eigenvalue weighted by Crippen LogP contribution is 2.30. The summed E-state index contributed by atoms with van der Waals surface area (Å²) >= 11 is 0. The summed E-state index contributed by atoms with van der Waals surface area (Å²) in [6.07, 6.45) is 5.80. The van der Waals surface area contributed by atoms with Crippen LogP contribution >= 0.6 is 12.4 Å². The van der Waals surface area contributed by atoms with Crippen LogP contribution in [0.3, 0.4) is 0 Å².